The average Bonchev–Trinajstić information content (AvgIpc) is 2.99. The molecule has 2 heterocycles. The van der Waals surface area contributed by atoms with Crippen molar-refractivity contribution in [1.29, 1.82) is 0 Å². The van der Waals surface area contributed by atoms with Crippen LogP contribution in [0.4, 0.5) is 5.69 Å². The van der Waals surface area contributed by atoms with Gasteiger partial charge in [0.25, 0.3) is 5.91 Å². The summed E-state index contributed by atoms with van der Waals surface area (Å²) in [7, 11) is 0. The van der Waals surface area contributed by atoms with Gasteiger partial charge in [-0.05, 0) is 31.0 Å². The Balaban J connectivity index is 1.97. The van der Waals surface area contributed by atoms with Crippen molar-refractivity contribution >= 4 is 22.9 Å². The van der Waals surface area contributed by atoms with Crippen molar-refractivity contribution < 1.29 is 9.53 Å². The van der Waals surface area contributed by atoms with Crippen LogP contribution in [0.25, 0.3) is 11.3 Å². The van der Waals surface area contributed by atoms with Crippen molar-refractivity contribution in [3.05, 3.63) is 41.2 Å². The van der Waals surface area contributed by atoms with Gasteiger partial charge in [-0.2, -0.15) is 0 Å². The van der Waals surface area contributed by atoms with Crippen LogP contribution in [0.1, 0.15) is 18.4 Å². The van der Waals surface area contributed by atoms with Crippen LogP contribution in [-0.2, 0) is 11.2 Å². The zero-order chi connectivity index (χ0) is 15.5. The molecule has 1 aromatic carbocycles. The number of aryl methyl sites for hydroxylation is 1. The van der Waals surface area contributed by atoms with Gasteiger partial charge in [-0.15, -0.1) is 17.9 Å². The number of aromatic nitrogens is 1. The summed E-state index contributed by atoms with van der Waals surface area (Å²) in [5.74, 6) is 0.684. The first-order chi connectivity index (χ1) is 10.7. The minimum absolute atomic E-state index is 0.0468. The highest BCUT2D eigenvalue weighted by Crippen LogP contribution is 2.36. The molecule has 0 bridgehead atoms. The van der Waals surface area contributed by atoms with E-state index in [1.807, 2.05) is 18.2 Å². The highest BCUT2D eigenvalue weighted by Gasteiger charge is 2.25. The molecule has 22 heavy (non-hydrogen) atoms. The van der Waals surface area contributed by atoms with Gasteiger partial charge in [0.2, 0.25) is 0 Å². The number of fused-ring (bicyclic) bond motifs is 1. The molecule has 114 valence electrons. The van der Waals surface area contributed by atoms with Crippen molar-refractivity contribution in [2.75, 3.05) is 18.1 Å². The topological polar surface area (TPSA) is 42.4 Å². The maximum Gasteiger partial charge on any atom is 0.265 e. The second kappa shape index (κ2) is 6.32. The van der Waals surface area contributed by atoms with Crippen LogP contribution in [0.2, 0.25) is 0 Å². The Morgan fingerprint density at radius 1 is 1.50 bits per heavy atom. The lowest BCUT2D eigenvalue weighted by Gasteiger charge is -2.28. The summed E-state index contributed by atoms with van der Waals surface area (Å²) in [6.07, 6.45) is 3.81. The third-order valence-electron chi connectivity index (χ3n) is 3.52. The molecule has 1 aliphatic heterocycles. The van der Waals surface area contributed by atoms with Gasteiger partial charge < -0.3 is 9.64 Å². The summed E-state index contributed by atoms with van der Waals surface area (Å²) < 4.78 is 5.50. The predicted octanol–water partition coefficient (Wildman–Crippen LogP) is 3.67. The normalized spacial score (nSPS) is 13.7. The summed E-state index contributed by atoms with van der Waals surface area (Å²) in [6.45, 7) is 6.43. The SMILES string of the molecule is C=CCN1C(=O)COc2ccc(-c3csc(CCC)n3)cc21. The van der Waals surface area contributed by atoms with Gasteiger partial charge >= 0.3 is 0 Å². The number of hydrogen-bond donors (Lipinski definition) is 0. The standard InChI is InChI=1S/C17H18N2O2S/c1-3-5-16-18-13(11-22-16)12-6-7-15-14(9-12)19(8-4-2)17(20)10-21-15/h4,6-7,9,11H,2-3,5,8,10H2,1H3. The minimum Gasteiger partial charge on any atom is -0.482 e. The van der Waals surface area contributed by atoms with E-state index in [9.17, 15) is 4.79 Å². The van der Waals surface area contributed by atoms with E-state index in [0.717, 1.165) is 40.5 Å². The monoisotopic (exact) mass is 314 g/mol. The van der Waals surface area contributed by atoms with Gasteiger partial charge in [0.1, 0.15) is 5.75 Å². The summed E-state index contributed by atoms with van der Waals surface area (Å²) in [5.41, 5.74) is 2.75. The third-order valence-corrected chi connectivity index (χ3v) is 4.43. The smallest absolute Gasteiger partial charge is 0.265 e. The number of anilines is 1. The van der Waals surface area contributed by atoms with Gasteiger partial charge in [-0.25, -0.2) is 4.98 Å². The van der Waals surface area contributed by atoms with Gasteiger partial charge in [-0.3, -0.25) is 4.79 Å². The first kappa shape index (κ1) is 14.8. The van der Waals surface area contributed by atoms with Gasteiger partial charge in [0.15, 0.2) is 6.61 Å². The molecule has 3 rings (SSSR count). The largest absolute Gasteiger partial charge is 0.482 e. The molecule has 1 aromatic heterocycles. The van der Waals surface area contributed by atoms with Crippen molar-refractivity contribution in [1.82, 2.24) is 4.98 Å². The van der Waals surface area contributed by atoms with Crippen LogP contribution >= 0.6 is 11.3 Å². The second-order valence-corrected chi connectivity index (χ2v) is 6.08. The lowest BCUT2D eigenvalue weighted by Crippen LogP contribution is -2.38. The quantitative estimate of drug-likeness (QED) is 0.791. The van der Waals surface area contributed by atoms with E-state index in [-0.39, 0.29) is 12.5 Å². The number of hydrogen-bond acceptors (Lipinski definition) is 4. The molecule has 5 heteroatoms. The molecule has 0 fully saturated rings. The Morgan fingerprint density at radius 2 is 2.36 bits per heavy atom. The highest BCUT2D eigenvalue weighted by molar-refractivity contribution is 7.09. The molecule has 0 aliphatic carbocycles. The van der Waals surface area contributed by atoms with Crippen LogP contribution in [-0.4, -0.2) is 24.0 Å². The molecule has 0 atom stereocenters. The van der Waals surface area contributed by atoms with E-state index in [4.69, 9.17) is 4.74 Å². The van der Waals surface area contributed by atoms with E-state index >= 15 is 0 Å². The minimum atomic E-state index is -0.0468. The van der Waals surface area contributed by atoms with Crippen LogP contribution in [0.15, 0.2) is 36.2 Å². The fraction of sp³-hybridized carbons (Fsp3) is 0.294. The molecule has 0 saturated carbocycles. The van der Waals surface area contributed by atoms with Crippen molar-refractivity contribution in [3.63, 3.8) is 0 Å². The first-order valence-corrected chi connectivity index (χ1v) is 8.23. The molecule has 4 nitrogen and oxygen atoms in total. The van der Waals surface area contributed by atoms with E-state index < -0.39 is 0 Å². The Hall–Kier alpha value is -2.14. The Bertz CT molecular complexity index is 708. The first-order valence-electron chi connectivity index (χ1n) is 7.35. The molecular weight excluding hydrogens is 296 g/mol. The lowest BCUT2D eigenvalue weighted by molar-refractivity contribution is -0.121. The zero-order valence-corrected chi connectivity index (χ0v) is 13.4. The lowest BCUT2D eigenvalue weighted by atomic mass is 10.1. The van der Waals surface area contributed by atoms with E-state index in [2.05, 4.69) is 23.9 Å². The Morgan fingerprint density at radius 3 is 3.14 bits per heavy atom. The number of carbonyl (C=O) groups excluding carboxylic acids is 1. The van der Waals surface area contributed by atoms with Crippen LogP contribution in [0.5, 0.6) is 5.75 Å². The van der Waals surface area contributed by atoms with Crippen molar-refractivity contribution in [3.8, 4) is 17.0 Å². The highest BCUT2D eigenvalue weighted by atomic mass is 32.1. The van der Waals surface area contributed by atoms with Crippen LogP contribution < -0.4 is 9.64 Å². The number of rotatable bonds is 5. The molecule has 0 radical (unpaired) electrons. The molecule has 2 aromatic rings. The van der Waals surface area contributed by atoms with E-state index in [1.54, 1.807) is 22.3 Å². The van der Waals surface area contributed by atoms with Crippen LogP contribution in [0, 0.1) is 0 Å². The summed E-state index contributed by atoms with van der Waals surface area (Å²) in [6, 6.07) is 5.87. The number of amides is 1. The van der Waals surface area contributed by atoms with Crippen molar-refractivity contribution in [2.24, 2.45) is 0 Å². The number of nitrogens with zero attached hydrogens (tertiary/aromatic N) is 2. The Labute approximate surface area is 134 Å². The molecule has 0 N–H and O–H groups in total. The fourth-order valence-electron chi connectivity index (χ4n) is 2.46. The van der Waals surface area contributed by atoms with Crippen molar-refractivity contribution in [2.45, 2.75) is 19.8 Å². The number of thiazole rings is 1. The molecule has 1 aliphatic rings. The summed E-state index contributed by atoms with van der Waals surface area (Å²) >= 11 is 1.68. The average molecular weight is 314 g/mol. The maximum absolute atomic E-state index is 12.0. The molecule has 1 amide bonds. The Kier molecular flexibility index (Phi) is 4.24. The number of benzene rings is 1. The second-order valence-electron chi connectivity index (χ2n) is 5.14. The summed E-state index contributed by atoms with van der Waals surface area (Å²) in [5, 5.41) is 3.21. The third kappa shape index (κ3) is 2.76. The predicted molar refractivity (Wildman–Crippen MR) is 89.6 cm³/mol. The number of ether oxygens (including phenoxy) is 1. The molecule has 0 spiro atoms. The molecular formula is C17H18N2O2S. The molecule has 0 saturated heterocycles. The maximum atomic E-state index is 12.0. The zero-order valence-electron chi connectivity index (χ0n) is 12.5. The van der Waals surface area contributed by atoms with Crippen LogP contribution in [0.3, 0.4) is 0 Å². The fourth-order valence-corrected chi connectivity index (χ4v) is 3.37. The van der Waals surface area contributed by atoms with Gasteiger partial charge in [0.05, 0.1) is 16.4 Å². The van der Waals surface area contributed by atoms with Gasteiger partial charge in [0, 0.05) is 17.5 Å². The number of carbonyl (C=O) groups is 1. The van der Waals surface area contributed by atoms with E-state index in [0.29, 0.717) is 6.54 Å². The van der Waals surface area contributed by atoms with Gasteiger partial charge in [-0.1, -0.05) is 13.0 Å². The summed E-state index contributed by atoms with van der Waals surface area (Å²) in [4.78, 5) is 18.4. The molecule has 0 unspecified atom stereocenters. The van der Waals surface area contributed by atoms with E-state index in [1.165, 1.54) is 0 Å².